The molecule has 0 radical (unpaired) electrons. The molecule has 1 fully saturated rings. The first-order valence-corrected chi connectivity index (χ1v) is 7.11. The molecule has 0 spiro atoms. The molecule has 0 unspecified atom stereocenters. The first kappa shape index (κ1) is 13.9. The monoisotopic (exact) mass is 258 g/mol. The summed E-state index contributed by atoms with van der Waals surface area (Å²) >= 11 is 0. The fourth-order valence-electron chi connectivity index (χ4n) is 2.77. The standard InChI is InChI=1S/C16H22N2O/c1-2-13-6-8-16(19,9-7-13)12-18-15-5-3-4-14(10-15)11-17/h3-5,10,13,18-19H,2,6-9,12H2,1H3. The van der Waals surface area contributed by atoms with Gasteiger partial charge in [-0.25, -0.2) is 0 Å². The summed E-state index contributed by atoms with van der Waals surface area (Å²) in [6.45, 7) is 2.79. The molecule has 0 saturated heterocycles. The van der Waals surface area contributed by atoms with E-state index in [1.165, 1.54) is 6.42 Å². The van der Waals surface area contributed by atoms with E-state index in [0.717, 1.165) is 37.3 Å². The van der Waals surface area contributed by atoms with Gasteiger partial charge < -0.3 is 10.4 Å². The Hall–Kier alpha value is -1.53. The van der Waals surface area contributed by atoms with Gasteiger partial charge >= 0.3 is 0 Å². The summed E-state index contributed by atoms with van der Waals surface area (Å²) in [7, 11) is 0. The number of hydrogen-bond acceptors (Lipinski definition) is 3. The molecule has 0 heterocycles. The van der Waals surface area contributed by atoms with Gasteiger partial charge in [0.1, 0.15) is 0 Å². The fraction of sp³-hybridized carbons (Fsp3) is 0.562. The molecule has 102 valence electrons. The zero-order valence-electron chi connectivity index (χ0n) is 11.5. The van der Waals surface area contributed by atoms with Crippen molar-refractivity contribution in [1.82, 2.24) is 0 Å². The highest BCUT2D eigenvalue weighted by Gasteiger charge is 2.32. The van der Waals surface area contributed by atoms with E-state index in [-0.39, 0.29) is 0 Å². The molecule has 3 heteroatoms. The highest BCUT2D eigenvalue weighted by Crippen LogP contribution is 2.33. The van der Waals surface area contributed by atoms with Gasteiger partial charge in [0.2, 0.25) is 0 Å². The first-order valence-electron chi connectivity index (χ1n) is 7.11. The number of nitrogens with one attached hydrogen (secondary N) is 1. The van der Waals surface area contributed by atoms with Crippen molar-refractivity contribution >= 4 is 5.69 Å². The van der Waals surface area contributed by atoms with Crippen LogP contribution in [0.5, 0.6) is 0 Å². The largest absolute Gasteiger partial charge is 0.388 e. The average Bonchev–Trinajstić information content (AvgIpc) is 2.46. The molecule has 3 nitrogen and oxygen atoms in total. The Morgan fingerprint density at radius 1 is 1.42 bits per heavy atom. The van der Waals surface area contributed by atoms with E-state index in [1.807, 2.05) is 18.2 Å². The summed E-state index contributed by atoms with van der Waals surface area (Å²) in [5.41, 5.74) is 0.964. The molecule has 1 aliphatic carbocycles. The fourth-order valence-corrected chi connectivity index (χ4v) is 2.77. The van der Waals surface area contributed by atoms with Crippen LogP contribution in [0.15, 0.2) is 24.3 Å². The highest BCUT2D eigenvalue weighted by atomic mass is 16.3. The van der Waals surface area contributed by atoms with Crippen molar-refractivity contribution in [1.29, 1.82) is 5.26 Å². The van der Waals surface area contributed by atoms with Crippen molar-refractivity contribution < 1.29 is 5.11 Å². The minimum atomic E-state index is -0.589. The van der Waals surface area contributed by atoms with Crippen LogP contribution in [-0.2, 0) is 0 Å². The topological polar surface area (TPSA) is 56.0 Å². The Labute approximate surface area is 115 Å². The van der Waals surface area contributed by atoms with Gasteiger partial charge in [-0.1, -0.05) is 19.4 Å². The quantitative estimate of drug-likeness (QED) is 0.871. The van der Waals surface area contributed by atoms with Gasteiger partial charge in [-0.3, -0.25) is 0 Å². The Balaban J connectivity index is 1.89. The van der Waals surface area contributed by atoms with Crippen LogP contribution in [0.1, 0.15) is 44.6 Å². The maximum absolute atomic E-state index is 10.5. The molecule has 19 heavy (non-hydrogen) atoms. The molecule has 2 N–H and O–H groups in total. The number of aliphatic hydroxyl groups is 1. The number of rotatable bonds is 4. The highest BCUT2D eigenvalue weighted by molar-refractivity contribution is 5.49. The lowest BCUT2D eigenvalue weighted by Crippen LogP contribution is -2.40. The Kier molecular flexibility index (Phi) is 4.44. The predicted octanol–water partition coefficient (Wildman–Crippen LogP) is 3.30. The number of benzene rings is 1. The van der Waals surface area contributed by atoms with Crippen LogP contribution >= 0.6 is 0 Å². The molecule has 2 rings (SSSR count). The van der Waals surface area contributed by atoms with Crippen LogP contribution in [-0.4, -0.2) is 17.3 Å². The second-order valence-electron chi connectivity index (χ2n) is 5.62. The number of nitriles is 1. The Morgan fingerprint density at radius 3 is 2.79 bits per heavy atom. The SMILES string of the molecule is CCC1CCC(O)(CNc2cccc(C#N)c2)CC1. The minimum absolute atomic E-state index is 0.568. The molecule has 1 saturated carbocycles. The van der Waals surface area contributed by atoms with Gasteiger partial charge in [-0.2, -0.15) is 5.26 Å². The third-order valence-corrected chi connectivity index (χ3v) is 4.23. The van der Waals surface area contributed by atoms with Crippen LogP contribution in [0.3, 0.4) is 0 Å². The lowest BCUT2D eigenvalue weighted by molar-refractivity contribution is 0.00229. The van der Waals surface area contributed by atoms with E-state index in [4.69, 9.17) is 5.26 Å². The van der Waals surface area contributed by atoms with Crippen LogP contribution in [0.25, 0.3) is 0 Å². The summed E-state index contributed by atoms with van der Waals surface area (Å²) < 4.78 is 0. The van der Waals surface area contributed by atoms with E-state index >= 15 is 0 Å². The third-order valence-electron chi connectivity index (χ3n) is 4.23. The first-order chi connectivity index (χ1) is 9.15. The second-order valence-corrected chi connectivity index (χ2v) is 5.62. The van der Waals surface area contributed by atoms with Gasteiger partial charge in [0.15, 0.2) is 0 Å². The lowest BCUT2D eigenvalue weighted by atomic mass is 9.78. The van der Waals surface area contributed by atoms with Crippen molar-refractivity contribution in [2.24, 2.45) is 5.92 Å². The zero-order chi connectivity index (χ0) is 13.7. The van der Waals surface area contributed by atoms with Gasteiger partial charge in [-0.15, -0.1) is 0 Å². The molecule has 0 amide bonds. The van der Waals surface area contributed by atoms with E-state index in [0.29, 0.717) is 12.1 Å². The van der Waals surface area contributed by atoms with E-state index < -0.39 is 5.60 Å². The van der Waals surface area contributed by atoms with Crippen molar-refractivity contribution in [2.75, 3.05) is 11.9 Å². The Morgan fingerprint density at radius 2 is 2.16 bits per heavy atom. The molecule has 0 atom stereocenters. The molecule has 1 aliphatic rings. The molecular formula is C16H22N2O. The van der Waals surface area contributed by atoms with Crippen LogP contribution in [0.4, 0.5) is 5.69 Å². The van der Waals surface area contributed by atoms with Crippen LogP contribution in [0.2, 0.25) is 0 Å². The minimum Gasteiger partial charge on any atom is -0.388 e. The van der Waals surface area contributed by atoms with E-state index in [9.17, 15) is 5.11 Å². The summed E-state index contributed by atoms with van der Waals surface area (Å²) in [5, 5.41) is 22.7. The summed E-state index contributed by atoms with van der Waals surface area (Å²) in [6, 6.07) is 9.52. The lowest BCUT2D eigenvalue weighted by Gasteiger charge is -2.36. The van der Waals surface area contributed by atoms with Gasteiger partial charge in [0, 0.05) is 12.2 Å². The average molecular weight is 258 g/mol. The van der Waals surface area contributed by atoms with Gasteiger partial charge in [-0.05, 0) is 49.8 Å². The van der Waals surface area contributed by atoms with Gasteiger partial charge in [0.05, 0.1) is 17.2 Å². The van der Waals surface area contributed by atoms with Crippen molar-refractivity contribution in [3.05, 3.63) is 29.8 Å². The Bertz CT molecular complexity index is 456. The smallest absolute Gasteiger partial charge is 0.0992 e. The number of anilines is 1. The molecule has 1 aromatic carbocycles. The summed E-state index contributed by atoms with van der Waals surface area (Å²) in [4.78, 5) is 0. The molecule has 0 aliphatic heterocycles. The summed E-state index contributed by atoms with van der Waals surface area (Å²) in [5.74, 6) is 0.780. The summed E-state index contributed by atoms with van der Waals surface area (Å²) in [6.07, 6.45) is 5.19. The third kappa shape index (κ3) is 3.71. The predicted molar refractivity (Wildman–Crippen MR) is 76.8 cm³/mol. The maximum atomic E-state index is 10.5. The molecule has 0 aromatic heterocycles. The van der Waals surface area contributed by atoms with Crippen molar-refractivity contribution in [2.45, 2.75) is 44.6 Å². The molecule has 1 aromatic rings. The van der Waals surface area contributed by atoms with Crippen LogP contribution in [0, 0.1) is 17.2 Å². The molecule has 0 bridgehead atoms. The van der Waals surface area contributed by atoms with Crippen molar-refractivity contribution in [3.8, 4) is 6.07 Å². The number of hydrogen-bond donors (Lipinski definition) is 2. The number of nitrogens with zero attached hydrogens (tertiary/aromatic N) is 1. The van der Waals surface area contributed by atoms with E-state index in [2.05, 4.69) is 18.3 Å². The molecular weight excluding hydrogens is 236 g/mol. The second kappa shape index (κ2) is 6.08. The van der Waals surface area contributed by atoms with E-state index in [1.54, 1.807) is 6.07 Å². The maximum Gasteiger partial charge on any atom is 0.0992 e. The van der Waals surface area contributed by atoms with Gasteiger partial charge in [0.25, 0.3) is 0 Å². The van der Waals surface area contributed by atoms with Crippen molar-refractivity contribution in [3.63, 3.8) is 0 Å². The van der Waals surface area contributed by atoms with Crippen LogP contribution < -0.4 is 5.32 Å². The zero-order valence-corrected chi connectivity index (χ0v) is 11.5. The normalized spacial score (nSPS) is 26.7.